The molecule has 0 aliphatic carbocycles. The molecule has 3 aromatic rings. The summed E-state index contributed by atoms with van der Waals surface area (Å²) in [6.07, 6.45) is 0.762. The maximum atomic E-state index is 6.20. The summed E-state index contributed by atoms with van der Waals surface area (Å²) in [4.78, 5) is 7.04. The molecule has 0 amide bonds. The summed E-state index contributed by atoms with van der Waals surface area (Å²) in [7, 11) is 0. The minimum Gasteiger partial charge on any atom is -0.440 e. The first-order chi connectivity index (χ1) is 10.8. The number of rotatable bonds is 2. The van der Waals surface area contributed by atoms with E-state index in [0.717, 1.165) is 45.1 Å². The number of aryl methyl sites for hydroxylation is 1. The normalized spacial score (nSPS) is 12.3. The number of nitrogens with zero attached hydrogens (tertiary/aromatic N) is 1. The highest BCUT2D eigenvalue weighted by molar-refractivity contribution is 9.09. The number of aromatic nitrogens is 1. The third kappa shape index (κ3) is 2.39. The van der Waals surface area contributed by atoms with Gasteiger partial charge in [-0.2, -0.15) is 0 Å². The van der Waals surface area contributed by atoms with E-state index in [-0.39, 0.29) is 0 Å². The Hall–Kier alpha value is -1.23. The molecule has 0 unspecified atom stereocenters. The second-order valence-electron chi connectivity index (χ2n) is 4.96. The summed E-state index contributed by atoms with van der Waals surface area (Å²) in [5.74, 6) is 1.56. The Balaban J connectivity index is 2.02. The van der Waals surface area contributed by atoms with Crippen LogP contribution in [0.2, 0.25) is 5.02 Å². The molecule has 0 atom stereocenters. The standard InChI is InChI=1S/C17H11BrClNOS/c18-8-7-15-20-16-11-3-1-2-4-13(11)22-14-6-5-10(19)9-12(14)17(16)21-15/h1-6,9H,7-8H2. The lowest BCUT2D eigenvalue weighted by Gasteiger charge is -2.05. The molecular weight excluding hydrogens is 382 g/mol. The Kier molecular flexibility index (Phi) is 3.76. The number of benzene rings is 2. The van der Waals surface area contributed by atoms with Gasteiger partial charge in [0.1, 0.15) is 5.69 Å². The number of hydrogen-bond acceptors (Lipinski definition) is 3. The van der Waals surface area contributed by atoms with E-state index in [1.807, 2.05) is 30.3 Å². The molecule has 0 bridgehead atoms. The molecule has 0 saturated heterocycles. The molecule has 110 valence electrons. The van der Waals surface area contributed by atoms with Crippen LogP contribution >= 0.6 is 39.3 Å². The molecule has 2 nitrogen and oxygen atoms in total. The Morgan fingerprint density at radius 3 is 2.77 bits per heavy atom. The van der Waals surface area contributed by atoms with Crippen molar-refractivity contribution in [2.75, 3.05) is 5.33 Å². The fourth-order valence-electron chi connectivity index (χ4n) is 2.56. The minimum absolute atomic E-state index is 0.703. The van der Waals surface area contributed by atoms with Gasteiger partial charge in [-0.3, -0.25) is 0 Å². The Morgan fingerprint density at radius 2 is 1.91 bits per heavy atom. The van der Waals surface area contributed by atoms with Crippen molar-refractivity contribution in [2.24, 2.45) is 0 Å². The maximum absolute atomic E-state index is 6.20. The molecule has 0 radical (unpaired) electrons. The molecule has 0 saturated carbocycles. The lowest BCUT2D eigenvalue weighted by Crippen LogP contribution is -1.86. The highest BCUT2D eigenvalue weighted by Crippen LogP contribution is 2.48. The SMILES string of the molecule is Clc1ccc2c(c1)-c1oc(CCBr)nc1-c1ccccc1S2. The van der Waals surface area contributed by atoms with E-state index in [2.05, 4.69) is 28.1 Å². The third-order valence-corrected chi connectivity index (χ3v) is 5.31. The van der Waals surface area contributed by atoms with Crippen molar-refractivity contribution in [2.45, 2.75) is 16.2 Å². The summed E-state index contributed by atoms with van der Waals surface area (Å²) in [6.45, 7) is 0. The van der Waals surface area contributed by atoms with Crippen LogP contribution in [0.15, 0.2) is 56.7 Å². The average Bonchev–Trinajstić information content (AvgIpc) is 2.89. The van der Waals surface area contributed by atoms with Crippen molar-refractivity contribution in [1.29, 1.82) is 0 Å². The maximum Gasteiger partial charge on any atom is 0.196 e. The highest BCUT2D eigenvalue weighted by Gasteiger charge is 2.25. The Morgan fingerprint density at radius 1 is 1.09 bits per heavy atom. The quantitative estimate of drug-likeness (QED) is 0.388. The predicted octanol–water partition coefficient (Wildman–Crippen LogP) is 6.06. The summed E-state index contributed by atoms with van der Waals surface area (Å²) < 4.78 is 6.05. The largest absolute Gasteiger partial charge is 0.440 e. The number of hydrogen-bond donors (Lipinski definition) is 0. The lowest BCUT2D eigenvalue weighted by molar-refractivity contribution is 0.515. The molecule has 0 fully saturated rings. The van der Waals surface area contributed by atoms with Crippen LogP contribution in [0.25, 0.3) is 22.6 Å². The van der Waals surface area contributed by atoms with Gasteiger partial charge in [-0.1, -0.05) is 57.5 Å². The molecule has 1 aromatic heterocycles. The van der Waals surface area contributed by atoms with Gasteiger partial charge in [-0.25, -0.2) is 4.98 Å². The number of oxazole rings is 1. The van der Waals surface area contributed by atoms with E-state index in [0.29, 0.717) is 5.02 Å². The van der Waals surface area contributed by atoms with Crippen LogP contribution in [0.5, 0.6) is 0 Å². The summed E-state index contributed by atoms with van der Waals surface area (Å²) in [6, 6.07) is 14.2. The van der Waals surface area contributed by atoms with Gasteiger partial charge >= 0.3 is 0 Å². The molecule has 2 heterocycles. The Labute approximate surface area is 146 Å². The smallest absolute Gasteiger partial charge is 0.196 e. The van der Waals surface area contributed by atoms with Gasteiger partial charge in [0.25, 0.3) is 0 Å². The second-order valence-corrected chi connectivity index (χ2v) is 7.28. The van der Waals surface area contributed by atoms with Gasteiger partial charge in [0.05, 0.1) is 0 Å². The average molecular weight is 393 g/mol. The molecule has 0 N–H and O–H groups in total. The summed E-state index contributed by atoms with van der Waals surface area (Å²) >= 11 is 11.4. The van der Waals surface area contributed by atoms with Crippen LogP contribution in [-0.4, -0.2) is 10.3 Å². The van der Waals surface area contributed by atoms with Crippen molar-refractivity contribution in [3.05, 3.63) is 53.4 Å². The van der Waals surface area contributed by atoms with Crippen LogP contribution in [-0.2, 0) is 6.42 Å². The molecule has 4 rings (SSSR count). The number of fused-ring (bicyclic) bond motifs is 5. The zero-order chi connectivity index (χ0) is 15.1. The van der Waals surface area contributed by atoms with Gasteiger partial charge in [0.2, 0.25) is 0 Å². The second kappa shape index (κ2) is 5.76. The molecule has 1 aliphatic rings. The summed E-state index contributed by atoms with van der Waals surface area (Å²) in [5.41, 5.74) is 3.02. The number of alkyl halides is 1. The van der Waals surface area contributed by atoms with Crippen molar-refractivity contribution in [3.8, 4) is 22.6 Å². The molecular formula is C17H11BrClNOS. The molecule has 22 heavy (non-hydrogen) atoms. The van der Waals surface area contributed by atoms with Crippen molar-refractivity contribution in [3.63, 3.8) is 0 Å². The summed E-state index contributed by atoms with van der Waals surface area (Å²) in [5, 5.41) is 1.53. The fraction of sp³-hybridized carbons (Fsp3) is 0.118. The molecule has 2 aromatic carbocycles. The zero-order valence-corrected chi connectivity index (χ0v) is 14.6. The Bertz CT molecular complexity index is 862. The topological polar surface area (TPSA) is 26.0 Å². The van der Waals surface area contributed by atoms with Crippen LogP contribution in [0.3, 0.4) is 0 Å². The van der Waals surface area contributed by atoms with Gasteiger partial charge in [-0.05, 0) is 24.3 Å². The first-order valence-electron chi connectivity index (χ1n) is 6.89. The van der Waals surface area contributed by atoms with Gasteiger partial charge < -0.3 is 4.42 Å². The van der Waals surface area contributed by atoms with E-state index in [4.69, 9.17) is 21.0 Å². The zero-order valence-electron chi connectivity index (χ0n) is 11.5. The van der Waals surface area contributed by atoms with E-state index >= 15 is 0 Å². The minimum atomic E-state index is 0.703. The van der Waals surface area contributed by atoms with Gasteiger partial charge in [-0.15, -0.1) is 0 Å². The van der Waals surface area contributed by atoms with Crippen LogP contribution in [0.4, 0.5) is 0 Å². The fourth-order valence-corrected chi connectivity index (χ4v) is 4.12. The van der Waals surface area contributed by atoms with Crippen molar-refractivity contribution in [1.82, 2.24) is 4.98 Å². The van der Waals surface area contributed by atoms with Crippen LogP contribution in [0.1, 0.15) is 5.89 Å². The van der Waals surface area contributed by atoms with E-state index in [1.54, 1.807) is 11.8 Å². The van der Waals surface area contributed by atoms with Gasteiger partial charge in [0, 0.05) is 37.7 Å². The molecule has 0 spiro atoms. The third-order valence-electron chi connectivity index (χ3n) is 3.53. The van der Waals surface area contributed by atoms with Crippen molar-refractivity contribution >= 4 is 39.3 Å². The van der Waals surface area contributed by atoms with Gasteiger partial charge in [0.15, 0.2) is 11.7 Å². The van der Waals surface area contributed by atoms with E-state index < -0.39 is 0 Å². The van der Waals surface area contributed by atoms with E-state index in [1.165, 1.54) is 4.90 Å². The first kappa shape index (κ1) is 14.4. The molecule has 5 heteroatoms. The predicted molar refractivity (Wildman–Crippen MR) is 94.0 cm³/mol. The van der Waals surface area contributed by atoms with Crippen LogP contribution < -0.4 is 0 Å². The number of halogens is 2. The molecule has 1 aliphatic heterocycles. The van der Waals surface area contributed by atoms with Crippen molar-refractivity contribution < 1.29 is 4.42 Å². The van der Waals surface area contributed by atoms with Crippen LogP contribution in [0, 0.1) is 0 Å². The first-order valence-corrected chi connectivity index (χ1v) is 9.20. The monoisotopic (exact) mass is 391 g/mol. The lowest BCUT2D eigenvalue weighted by atomic mass is 10.1. The van der Waals surface area contributed by atoms with E-state index in [9.17, 15) is 0 Å². The highest BCUT2D eigenvalue weighted by atomic mass is 79.9.